The Hall–Kier alpha value is -4.87. The van der Waals surface area contributed by atoms with Gasteiger partial charge in [-0.2, -0.15) is 0 Å². The van der Waals surface area contributed by atoms with E-state index >= 15 is 0 Å². The lowest BCUT2D eigenvalue weighted by molar-refractivity contribution is -0.125. The SMILES string of the molecule is O=C1NC(=O)C2(N1)c1cc(F)ccc1-c1ccc(F)cc12.O=C1NC(=O)[C@@]2(CCOc3ccc(F)cc32)N1. The van der Waals surface area contributed by atoms with Crippen molar-refractivity contribution in [2.75, 3.05) is 6.61 Å². The van der Waals surface area contributed by atoms with E-state index in [1.54, 1.807) is 0 Å². The van der Waals surface area contributed by atoms with Crippen LogP contribution in [0.25, 0.3) is 11.1 Å². The summed E-state index contributed by atoms with van der Waals surface area (Å²) in [6.45, 7) is 0.298. The fourth-order valence-electron chi connectivity index (χ4n) is 5.37. The normalized spacial score (nSPS) is 21.3. The van der Waals surface area contributed by atoms with Crippen LogP contribution in [0, 0.1) is 17.5 Å². The Labute approximate surface area is 212 Å². The van der Waals surface area contributed by atoms with Crippen LogP contribution in [-0.4, -0.2) is 30.5 Å². The quantitative estimate of drug-likeness (QED) is 0.338. The Morgan fingerprint density at radius 1 is 0.658 bits per heavy atom. The lowest BCUT2D eigenvalue weighted by atomic mass is 9.84. The van der Waals surface area contributed by atoms with Crippen LogP contribution in [0.4, 0.5) is 22.8 Å². The number of hydrogen-bond donors (Lipinski definition) is 4. The van der Waals surface area contributed by atoms with Gasteiger partial charge >= 0.3 is 12.1 Å². The highest BCUT2D eigenvalue weighted by Crippen LogP contribution is 2.49. The second kappa shape index (κ2) is 8.07. The van der Waals surface area contributed by atoms with Crippen molar-refractivity contribution in [3.05, 3.63) is 88.7 Å². The predicted molar refractivity (Wildman–Crippen MR) is 124 cm³/mol. The van der Waals surface area contributed by atoms with Crippen molar-refractivity contribution in [3.63, 3.8) is 0 Å². The molecule has 2 fully saturated rings. The average molecular weight is 522 g/mol. The second-order valence-electron chi connectivity index (χ2n) is 9.09. The van der Waals surface area contributed by atoms with Crippen LogP contribution in [0.1, 0.15) is 23.1 Å². The number of halogens is 3. The molecule has 3 heterocycles. The van der Waals surface area contributed by atoms with Crippen LogP contribution in [0.3, 0.4) is 0 Å². The van der Waals surface area contributed by atoms with Gasteiger partial charge in [-0.15, -0.1) is 0 Å². The summed E-state index contributed by atoms with van der Waals surface area (Å²) < 4.78 is 45.8. The molecule has 0 saturated carbocycles. The minimum atomic E-state index is -1.56. The van der Waals surface area contributed by atoms with E-state index in [0.717, 1.165) is 0 Å². The van der Waals surface area contributed by atoms with Gasteiger partial charge in [0, 0.05) is 23.1 Å². The van der Waals surface area contributed by atoms with Gasteiger partial charge in [-0.1, -0.05) is 12.1 Å². The van der Waals surface area contributed by atoms with Crippen LogP contribution in [0.5, 0.6) is 5.75 Å². The summed E-state index contributed by atoms with van der Waals surface area (Å²) in [4.78, 5) is 47.0. The molecule has 38 heavy (non-hydrogen) atoms. The fourth-order valence-corrected chi connectivity index (χ4v) is 5.37. The molecule has 4 N–H and O–H groups in total. The third-order valence-electron chi connectivity index (χ3n) is 7.01. The van der Waals surface area contributed by atoms with Gasteiger partial charge in [-0.25, -0.2) is 22.8 Å². The molecule has 9 nitrogen and oxygen atoms in total. The number of rotatable bonds is 0. The topological polar surface area (TPSA) is 126 Å². The average Bonchev–Trinajstić information content (AvgIpc) is 3.43. The van der Waals surface area contributed by atoms with Gasteiger partial charge in [0.1, 0.15) is 23.2 Å². The first kappa shape index (κ1) is 23.5. The lowest BCUT2D eigenvalue weighted by Gasteiger charge is -2.32. The Bertz CT molecular complexity index is 1540. The van der Waals surface area contributed by atoms with Crippen LogP contribution >= 0.6 is 0 Å². The molecule has 7 rings (SSSR count). The Morgan fingerprint density at radius 3 is 1.71 bits per heavy atom. The Morgan fingerprint density at radius 2 is 1.18 bits per heavy atom. The molecule has 3 aromatic rings. The number of benzene rings is 3. The van der Waals surface area contributed by atoms with Crippen LogP contribution in [-0.2, 0) is 20.7 Å². The Balaban J connectivity index is 0.000000142. The molecular formula is C26H17F3N4O5. The molecule has 0 aromatic heterocycles. The number of carbonyl (C=O) groups is 4. The largest absolute Gasteiger partial charge is 0.493 e. The first-order valence-corrected chi connectivity index (χ1v) is 11.4. The van der Waals surface area contributed by atoms with Crippen molar-refractivity contribution < 1.29 is 37.1 Å². The monoisotopic (exact) mass is 522 g/mol. The number of hydrogen-bond acceptors (Lipinski definition) is 5. The number of amides is 6. The molecule has 6 amide bonds. The highest BCUT2D eigenvalue weighted by Gasteiger charge is 2.55. The molecule has 0 bridgehead atoms. The van der Waals surface area contributed by atoms with E-state index < -0.39 is 52.4 Å². The summed E-state index contributed by atoms with van der Waals surface area (Å²) in [7, 11) is 0. The third-order valence-corrected chi connectivity index (χ3v) is 7.01. The molecular weight excluding hydrogens is 505 g/mol. The number of carbonyl (C=O) groups excluding carboxylic acids is 4. The van der Waals surface area contributed by atoms with Crippen LogP contribution in [0.2, 0.25) is 0 Å². The van der Waals surface area contributed by atoms with E-state index in [0.29, 0.717) is 46.6 Å². The highest BCUT2D eigenvalue weighted by molar-refractivity contribution is 6.13. The molecule has 0 unspecified atom stereocenters. The van der Waals surface area contributed by atoms with Gasteiger partial charge in [0.05, 0.1) is 6.61 Å². The van der Waals surface area contributed by atoms with Gasteiger partial charge in [0.2, 0.25) is 0 Å². The van der Waals surface area contributed by atoms with Crippen molar-refractivity contribution in [2.24, 2.45) is 0 Å². The molecule has 192 valence electrons. The summed E-state index contributed by atoms with van der Waals surface area (Å²) in [6.07, 6.45) is 0.293. The van der Waals surface area contributed by atoms with E-state index in [-0.39, 0.29) is 0 Å². The molecule has 12 heteroatoms. The zero-order valence-corrected chi connectivity index (χ0v) is 19.3. The summed E-state index contributed by atoms with van der Waals surface area (Å²) in [5.74, 6) is -2.20. The molecule has 2 spiro atoms. The van der Waals surface area contributed by atoms with Crippen molar-refractivity contribution in [1.82, 2.24) is 21.3 Å². The maximum atomic E-state index is 13.6. The first-order valence-electron chi connectivity index (χ1n) is 11.4. The van der Waals surface area contributed by atoms with Gasteiger partial charge in [-0.05, 0) is 53.6 Å². The Kier molecular flexibility index (Phi) is 4.99. The van der Waals surface area contributed by atoms with E-state index in [1.165, 1.54) is 54.6 Å². The zero-order chi connectivity index (χ0) is 26.8. The zero-order valence-electron chi connectivity index (χ0n) is 19.3. The van der Waals surface area contributed by atoms with E-state index in [2.05, 4.69) is 21.3 Å². The van der Waals surface area contributed by atoms with Crippen LogP contribution < -0.4 is 26.0 Å². The molecule has 1 atom stereocenters. The molecule has 3 aromatic carbocycles. The molecule has 0 radical (unpaired) electrons. The number of urea groups is 2. The van der Waals surface area contributed by atoms with Gasteiger partial charge in [0.25, 0.3) is 11.8 Å². The van der Waals surface area contributed by atoms with Crippen LogP contribution in [0.15, 0.2) is 54.6 Å². The summed E-state index contributed by atoms with van der Waals surface area (Å²) in [6, 6.07) is 10.6. The molecule has 4 aliphatic rings. The van der Waals surface area contributed by atoms with Crippen molar-refractivity contribution in [2.45, 2.75) is 17.5 Å². The molecule has 2 saturated heterocycles. The highest BCUT2D eigenvalue weighted by atomic mass is 19.1. The van der Waals surface area contributed by atoms with E-state index in [4.69, 9.17) is 4.74 Å². The van der Waals surface area contributed by atoms with Gasteiger partial charge in [0.15, 0.2) is 11.1 Å². The number of nitrogens with one attached hydrogen (secondary N) is 4. The number of ether oxygens (including phenoxy) is 1. The van der Waals surface area contributed by atoms with Crippen molar-refractivity contribution in [1.29, 1.82) is 0 Å². The minimum Gasteiger partial charge on any atom is -0.493 e. The number of fused-ring (bicyclic) bond motifs is 7. The second-order valence-corrected chi connectivity index (χ2v) is 9.09. The van der Waals surface area contributed by atoms with Gasteiger partial charge in [-0.3, -0.25) is 20.2 Å². The van der Waals surface area contributed by atoms with E-state index in [9.17, 15) is 32.3 Å². The maximum absolute atomic E-state index is 13.6. The molecule has 3 aliphatic heterocycles. The van der Waals surface area contributed by atoms with E-state index in [1.807, 2.05) is 0 Å². The first-order chi connectivity index (χ1) is 18.1. The summed E-state index contributed by atoms with van der Waals surface area (Å²) in [5, 5.41) is 9.38. The maximum Gasteiger partial charge on any atom is 0.322 e. The third kappa shape index (κ3) is 3.26. The standard InChI is InChI=1S/C15H8F2N2O2.C11H9FN2O3/c16-7-1-3-9-10-4-2-8(17)6-12(10)15(11(9)5-7)13(20)18-14(21)19-15;12-6-1-2-8-7(5-6)11(3-4-17-8)9(15)13-10(16)14-11/h1-6H,(H2,18,19,20,21);1-2,5H,3-4H2,(H2,13,14,15,16)/t;11-/m.0/s1. The minimum absolute atomic E-state index is 0.293. The smallest absolute Gasteiger partial charge is 0.322 e. The van der Waals surface area contributed by atoms with Crippen molar-refractivity contribution in [3.8, 4) is 16.9 Å². The lowest BCUT2D eigenvalue weighted by Crippen LogP contribution is -2.47. The van der Waals surface area contributed by atoms with Gasteiger partial charge < -0.3 is 15.4 Å². The number of imide groups is 2. The summed E-state index contributed by atoms with van der Waals surface area (Å²) in [5.41, 5.74) is -0.559. The molecule has 1 aliphatic carbocycles. The summed E-state index contributed by atoms with van der Waals surface area (Å²) >= 11 is 0. The fraction of sp³-hybridized carbons (Fsp3) is 0.154. The van der Waals surface area contributed by atoms with Crippen molar-refractivity contribution >= 4 is 23.9 Å². The predicted octanol–water partition coefficient (Wildman–Crippen LogP) is 2.67.